The number of nitrogens with zero attached hydrogens (tertiary/aromatic N) is 4. The van der Waals surface area contributed by atoms with Crippen LogP contribution in [-0.4, -0.2) is 38.6 Å². The molecular formula is C22H22N4O3S. The number of hydrogen-bond acceptors (Lipinski definition) is 7. The van der Waals surface area contributed by atoms with Crippen LogP contribution in [0.4, 0.5) is 0 Å². The number of aryl methyl sites for hydroxylation is 2. The van der Waals surface area contributed by atoms with Crippen LogP contribution in [0.3, 0.4) is 0 Å². The molecule has 0 unspecified atom stereocenters. The summed E-state index contributed by atoms with van der Waals surface area (Å²) in [6, 6.07) is 11.5. The van der Waals surface area contributed by atoms with Gasteiger partial charge in [0.05, 0.1) is 12.8 Å². The van der Waals surface area contributed by atoms with Gasteiger partial charge in [-0.1, -0.05) is 17.8 Å². The summed E-state index contributed by atoms with van der Waals surface area (Å²) in [6.45, 7) is 0.276. The number of thioether (sulfide) groups is 1. The lowest BCUT2D eigenvalue weighted by Crippen LogP contribution is -2.15. The summed E-state index contributed by atoms with van der Waals surface area (Å²) in [6.07, 6.45) is 4.77. The molecule has 1 aromatic heterocycles. The average molecular weight is 423 g/mol. The van der Waals surface area contributed by atoms with E-state index in [4.69, 9.17) is 9.47 Å². The van der Waals surface area contributed by atoms with Gasteiger partial charge in [-0.05, 0) is 61.1 Å². The Labute approximate surface area is 178 Å². The van der Waals surface area contributed by atoms with Gasteiger partial charge in [-0.25, -0.2) is 0 Å². The number of phenols is 1. The molecule has 0 bridgehead atoms. The molecule has 0 saturated heterocycles. The third kappa shape index (κ3) is 3.63. The second kappa shape index (κ2) is 8.02. The van der Waals surface area contributed by atoms with Crippen molar-refractivity contribution in [2.24, 2.45) is 5.10 Å². The maximum Gasteiger partial charge on any atom is 0.212 e. The van der Waals surface area contributed by atoms with Crippen LogP contribution >= 0.6 is 11.8 Å². The Hall–Kier alpha value is -3.00. The van der Waals surface area contributed by atoms with Gasteiger partial charge in [-0.15, -0.1) is 10.2 Å². The summed E-state index contributed by atoms with van der Waals surface area (Å²) >= 11 is 1.53. The highest BCUT2D eigenvalue weighted by molar-refractivity contribution is 7.99. The molecule has 0 amide bonds. The maximum absolute atomic E-state index is 10.4. The molecule has 0 spiro atoms. The van der Waals surface area contributed by atoms with Gasteiger partial charge in [0.15, 0.2) is 5.82 Å². The van der Waals surface area contributed by atoms with Crippen molar-refractivity contribution in [2.75, 3.05) is 12.9 Å². The van der Waals surface area contributed by atoms with Crippen molar-refractivity contribution in [3.05, 3.63) is 58.9 Å². The highest BCUT2D eigenvalue weighted by atomic mass is 32.2. The van der Waals surface area contributed by atoms with Crippen molar-refractivity contribution in [3.63, 3.8) is 0 Å². The quantitative estimate of drug-likeness (QED) is 0.673. The van der Waals surface area contributed by atoms with Crippen molar-refractivity contribution in [1.82, 2.24) is 14.9 Å². The van der Waals surface area contributed by atoms with Gasteiger partial charge in [0.25, 0.3) is 0 Å². The van der Waals surface area contributed by atoms with E-state index in [0.717, 1.165) is 29.5 Å². The predicted octanol–water partition coefficient (Wildman–Crippen LogP) is 3.81. The number of hydrogen-bond donors (Lipinski definition) is 1. The van der Waals surface area contributed by atoms with Gasteiger partial charge in [0.1, 0.15) is 23.9 Å². The van der Waals surface area contributed by atoms with Crippen molar-refractivity contribution in [2.45, 2.75) is 37.4 Å². The molecule has 2 aromatic carbocycles. The number of aromatic nitrogens is 3. The first kappa shape index (κ1) is 19.0. The molecular weight excluding hydrogens is 400 g/mol. The van der Waals surface area contributed by atoms with Gasteiger partial charge in [-0.3, -0.25) is 0 Å². The lowest BCUT2D eigenvalue weighted by atomic mass is 9.92. The number of fused-ring (bicyclic) bond motifs is 2. The second-order valence-corrected chi connectivity index (χ2v) is 8.30. The molecule has 8 heteroatoms. The normalized spacial score (nSPS) is 15.2. The minimum atomic E-state index is 0.136. The van der Waals surface area contributed by atoms with E-state index >= 15 is 0 Å². The minimum absolute atomic E-state index is 0.136. The first-order valence-corrected chi connectivity index (χ1v) is 11.0. The van der Waals surface area contributed by atoms with Gasteiger partial charge in [0.2, 0.25) is 5.16 Å². The number of benzene rings is 2. The molecule has 3 aromatic rings. The van der Waals surface area contributed by atoms with Crippen LogP contribution in [0, 0.1) is 0 Å². The molecule has 7 nitrogen and oxygen atoms in total. The zero-order valence-corrected chi connectivity index (χ0v) is 17.5. The largest absolute Gasteiger partial charge is 0.507 e. The number of rotatable bonds is 5. The van der Waals surface area contributed by atoms with Crippen molar-refractivity contribution < 1.29 is 14.6 Å². The summed E-state index contributed by atoms with van der Waals surface area (Å²) in [7, 11) is 1.57. The number of ether oxygens (including phenoxy) is 2. The Morgan fingerprint density at radius 1 is 1.03 bits per heavy atom. The number of methoxy groups -OCH3 is 1. The third-order valence-electron chi connectivity index (χ3n) is 5.44. The van der Waals surface area contributed by atoms with E-state index in [2.05, 4.69) is 27.4 Å². The van der Waals surface area contributed by atoms with Crippen LogP contribution in [-0.2, 0) is 19.4 Å². The fraction of sp³-hybridized carbons (Fsp3) is 0.318. The molecule has 0 saturated carbocycles. The first-order chi connectivity index (χ1) is 14.7. The van der Waals surface area contributed by atoms with E-state index in [0.29, 0.717) is 22.9 Å². The lowest BCUT2D eigenvalue weighted by Gasteiger charge is -2.17. The zero-order valence-electron chi connectivity index (χ0n) is 16.7. The van der Waals surface area contributed by atoms with Crippen LogP contribution < -0.4 is 9.47 Å². The molecule has 1 aliphatic carbocycles. The highest BCUT2D eigenvalue weighted by Crippen LogP contribution is 2.30. The summed E-state index contributed by atoms with van der Waals surface area (Å²) < 4.78 is 12.9. The van der Waals surface area contributed by atoms with E-state index in [1.807, 2.05) is 18.2 Å². The Balaban J connectivity index is 1.37. The third-order valence-corrected chi connectivity index (χ3v) is 6.37. The average Bonchev–Trinajstić information content (AvgIpc) is 3.19. The van der Waals surface area contributed by atoms with Gasteiger partial charge in [-0.2, -0.15) is 9.78 Å². The topological polar surface area (TPSA) is 81.8 Å². The summed E-state index contributed by atoms with van der Waals surface area (Å²) in [5.41, 5.74) is 4.23. The Bertz CT molecular complexity index is 1130. The Morgan fingerprint density at radius 2 is 1.87 bits per heavy atom. The van der Waals surface area contributed by atoms with Gasteiger partial charge in [0, 0.05) is 17.4 Å². The molecule has 154 valence electrons. The van der Waals surface area contributed by atoms with Crippen LogP contribution in [0.5, 0.6) is 17.2 Å². The minimum Gasteiger partial charge on any atom is -0.507 e. The zero-order chi connectivity index (χ0) is 20.5. The second-order valence-electron chi connectivity index (χ2n) is 7.36. The van der Waals surface area contributed by atoms with Gasteiger partial charge < -0.3 is 14.6 Å². The lowest BCUT2D eigenvalue weighted by molar-refractivity contribution is 0.289. The van der Waals surface area contributed by atoms with E-state index in [1.165, 1.54) is 35.7 Å². The molecule has 1 aliphatic heterocycles. The van der Waals surface area contributed by atoms with Gasteiger partial charge >= 0.3 is 0 Å². The monoisotopic (exact) mass is 422 g/mol. The Kier molecular flexibility index (Phi) is 5.08. The molecule has 5 rings (SSSR count). The van der Waals surface area contributed by atoms with Crippen molar-refractivity contribution in [1.29, 1.82) is 0 Å². The van der Waals surface area contributed by atoms with E-state index in [9.17, 15) is 5.11 Å². The summed E-state index contributed by atoms with van der Waals surface area (Å²) in [5, 5.41) is 24.2. The summed E-state index contributed by atoms with van der Waals surface area (Å²) in [5.74, 6) is 2.80. The predicted molar refractivity (Wildman–Crippen MR) is 115 cm³/mol. The van der Waals surface area contributed by atoms with Crippen molar-refractivity contribution in [3.8, 4) is 17.2 Å². The first-order valence-electron chi connectivity index (χ1n) is 9.98. The van der Waals surface area contributed by atoms with Crippen LogP contribution in [0.15, 0.2) is 46.7 Å². The maximum atomic E-state index is 10.4. The van der Waals surface area contributed by atoms with Crippen molar-refractivity contribution >= 4 is 17.5 Å². The molecule has 2 heterocycles. The number of phenolic OH excluding ortho intramolecular Hbond substituents is 1. The molecule has 2 aliphatic rings. The smallest absolute Gasteiger partial charge is 0.212 e. The molecule has 30 heavy (non-hydrogen) atoms. The number of aromatic hydroxyl groups is 1. The van der Waals surface area contributed by atoms with E-state index in [1.54, 1.807) is 17.9 Å². The van der Waals surface area contributed by atoms with E-state index in [-0.39, 0.29) is 12.4 Å². The standard InChI is InChI=1S/C22H22N4O3S/c1-28-16-8-9-18(20(27)11-16)19-13-30-22-24-23-21(26(22)25-19)12-29-17-7-6-14-4-2-3-5-15(14)10-17/h6-11,27H,2-5,12-13H2,1H3. The van der Waals surface area contributed by atoms with Crippen LogP contribution in [0.2, 0.25) is 0 Å². The van der Waals surface area contributed by atoms with Crippen LogP contribution in [0.25, 0.3) is 0 Å². The molecule has 0 atom stereocenters. The van der Waals surface area contributed by atoms with E-state index < -0.39 is 0 Å². The molecule has 0 radical (unpaired) electrons. The fourth-order valence-electron chi connectivity index (χ4n) is 3.82. The Morgan fingerprint density at radius 3 is 2.70 bits per heavy atom. The van der Waals surface area contributed by atoms with Crippen LogP contribution in [0.1, 0.15) is 35.4 Å². The summed E-state index contributed by atoms with van der Waals surface area (Å²) in [4.78, 5) is 0. The SMILES string of the molecule is COc1ccc(C2=Nn3c(COc4ccc5c(c4)CCCC5)nnc3SC2)c(O)c1. The fourth-order valence-corrected chi connectivity index (χ4v) is 4.67. The highest BCUT2D eigenvalue weighted by Gasteiger charge is 2.22. The molecule has 1 N–H and O–H groups in total. The molecule has 0 fully saturated rings.